The first kappa shape index (κ1) is 12.3. The molecular formula is C11H16F2N2O2. The highest BCUT2D eigenvalue weighted by Gasteiger charge is 2.45. The highest BCUT2D eigenvalue weighted by molar-refractivity contribution is 5.21. The van der Waals surface area contributed by atoms with Gasteiger partial charge in [0.25, 0.3) is 5.88 Å². The molecule has 0 saturated heterocycles. The van der Waals surface area contributed by atoms with Crippen LogP contribution in [0.3, 0.4) is 0 Å². The van der Waals surface area contributed by atoms with Crippen LogP contribution in [0.1, 0.15) is 31.4 Å². The van der Waals surface area contributed by atoms with Crippen molar-refractivity contribution in [2.75, 3.05) is 13.7 Å². The average Bonchev–Trinajstić information content (AvgIpc) is 2.79. The maximum absolute atomic E-state index is 13.2. The number of rotatable bonds is 3. The Balaban J connectivity index is 2.21. The molecule has 4 nitrogen and oxygen atoms in total. The van der Waals surface area contributed by atoms with Gasteiger partial charge in [0.15, 0.2) is 0 Å². The van der Waals surface area contributed by atoms with Crippen LogP contribution >= 0.6 is 0 Å². The summed E-state index contributed by atoms with van der Waals surface area (Å²) in [5.41, 5.74) is 5.21. The lowest BCUT2D eigenvalue weighted by Crippen LogP contribution is -2.41. The number of hydrogen-bond acceptors (Lipinski definition) is 4. The van der Waals surface area contributed by atoms with E-state index in [1.165, 1.54) is 7.11 Å². The maximum Gasteiger partial charge on any atom is 0.254 e. The normalized spacial score (nSPS) is 22.4. The molecule has 2 rings (SSSR count). The molecule has 0 radical (unpaired) electrons. The fourth-order valence-electron chi connectivity index (χ4n) is 2.25. The Bertz CT molecular complexity index is 383. The molecule has 6 heteroatoms. The molecule has 1 saturated carbocycles. The fraction of sp³-hybridized carbons (Fsp3) is 0.727. The fourth-order valence-corrected chi connectivity index (χ4v) is 2.25. The summed E-state index contributed by atoms with van der Waals surface area (Å²) in [6, 6.07) is 1.64. The summed E-state index contributed by atoms with van der Waals surface area (Å²) in [5.74, 6) is -1.68. The van der Waals surface area contributed by atoms with E-state index >= 15 is 0 Å². The summed E-state index contributed by atoms with van der Waals surface area (Å²) in [6.07, 6.45) is 0.310. The number of methoxy groups -OCH3 is 1. The lowest BCUT2D eigenvalue weighted by molar-refractivity contribution is -0.0539. The minimum Gasteiger partial charge on any atom is -0.479 e. The largest absolute Gasteiger partial charge is 0.479 e. The third-order valence-corrected chi connectivity index (χ3v) is 3.55. The van der Waals surface area contributed by atoms with Gasteiger partial charge >= 0.3 is 0 Å². The molecule has 0 aliphatic heterocycles. The van der Waals surface area contributed by atoms with Crippen LogP contribution in [0.25, 0.3) is 0 Å². The Morgan fingerprint density at radius 1 is 1.41 bits per heavy atom. The van der Waals surface area contributed by atoms with Crippen molar-refractivity contribution < 1.29 is 18.0 Å². The van der Waals surface area contributed by atoms with Crippen LogP contribution < -0.4 is 10.5 Å². The molecule has 0 bridgehead atoms. The summed E-state index contributed by atoms with van der Waals surface area (Å²) in [6.45, 7) is 0.279. The molecule has 0 unspecified atom stereocenters. The van der Waals surface area contributed by atoms with E-state index in [1.54, 1.807) is 6.07 Å². The van der Waals surface area contributed by atoms with Crippen molar-refractivity contribution in [1.29, 1.82) is 0 Å². The molecule has 1 fully saturated rings. The molecule has 96 valence electrons. The van der Waals surface area contributed by atoms with Crippen LogP contribution in [-0.2, 0) is 5.41 Å². The van der Waals surface area contributed by atoms with E-state index in [0.717, 1.165) is 0 Å². The van der Waals surface area contributed by atoms with Gasteiger partial charge in [-0.1, -0.05) is 0 Å². The lowest BCUT2D eigenvalue weighted by atomic mass is 9.71. The van der Waals surface area contributed by atoms with E-state index in [0.29, 0.717) is 24.5 Å². The van der Waals surface area contributed by atoms with E-state index in [1.807, 2.05) is 0 Å². The van der Waals surface area contributed by atoms with E-state index < -0.39 is 11.3 Å². The Morgan fingerprint density at radius 2 is 2.06 bits per heavy atom. The first-order valence-corrected chi connectivity index (χ1v) is 5.60. The molecule has 1 heterocycles. The first-order valence-electron chi connectivity index (χ1n) is 5.60. The molecule has 1 aliphatic carbocycles. The van der Waals surface area contributed by atoms with Gasteiger partial charge in [-0.25, -0.2) is 8.78 Å². The van der Waals surface area contributed by atoms with Gasteiger partial charge in [-0.05, 0) is 18.0 Å². The molecule has 17 heavy (non-hydrogen) atoms. The standard InChI is InChI=1S/C11H16F2N2O2/c1-16-9-6-8(17-15-9)10(7-14)2-4-11(12,13)5-3-10/h6H,2-5,7,14H2,1H3. The molecular weight excluding hydrogens is 230 g/mol. The zero-order valence-corrected chi connectivity index (χ0v) is 9.71. The Hall–Kier alpha value is -1.17. The zero-order valence-electron chi connectivity index (χ0n) is 9.71. The second-order valence-corrected chi connectivity index (χ2v) is 4.57. The van der Waals surface area contributed by atoms with Gasteiger partial charge in [0.05, 0.1) is 7.11 Å². The monoisotopic (exact) mass is 246 g/mol. The number of aromatic nitrogens is 1. The third-order valence-electron chi connectivity index (χ3n) is 3.55. The molecule has 1 aromatic heterocycles. The first-order chi connectivity index (χ1) is 8.01. The molecule has 1 aromatic rings. The minimum absolute atomic E-state index is 0.160. The van der Waals surface area contributed by atoms with Crippen molar-refractivity contribution in [2.24, 2.45) is 5.73 Å². The number of nitrogens with two attached hydrogens (primary N) is 1. The van der Waals surface area contributed by atoms with E-state index in [9.17, 15) is 8.78 Å². The summed E-state index contributed by atoms with van der Waals surface area (Å²) < 4.78 is 36.4. The smallest absolute Gasteiger partial charge is 0.254 e. The topological polar surface area (TPSA) is 61.3 Å². The number of halogens is 2. The quantitative estimate of drug-likeness (QED) is 0.887. The van der Waals surface area contributed by atoms with E-state index in [2.05, 4.69) is 5.16 Å². The SMILES string of the molecule is COc1cc(C2(CN)CCC(F)(F)CC2)on1. The van der Waals surface area contributed by atoms with Gasteiger partial charge in [0.2, 0.25) is 5.92 Å². The summed E-state index contributed by atoms with van der Waals surface area (Å²) in [4.78, 5) is 0. The third kappa shape index (κ3) is 2.26. The number of nitrogens with zero attached hydrogens (tertiary/aromatic N) is 1. The highest BCUT2D eigenvalue weighted by atomic mass is 19.3. The van der Waals surface area contributed by atoms with Gasteiger partial charge in [-0.3, -0.25) is 0 Å². The minimum atomic E-state index is -2.58. The van der Waals surface area contributed by atoms with Crippen molar-refractivity contribution in [3.05, 3.63) is 11.8 Å². The van der Waals surface area contributed by atoms with Crippen LogP contribution in [0.2, 0.25) is 0 Å². The van der Waals surface area contributed by atoms with Gasteiger partial charge in [-0.2, -0.15) is 0 Å². The molecule has 0 spiro atoms. The number of alkyl halides is 2. The second kappa shape index (κ2) is 4.25. The van der Waals surface area contributed by atoms with Crippen molar-refractivity contribution in [3.63, 3.8) is 0 Å². The highest BCUT2D eigenvalue weighted by Crippen LogP contribution is 2.45. The summed E-state index contributed by atoms with van der Waals surface area (Å²) >= 11 is 0. The van der Waals surface area contributed by atoms with Crippen molar-refractivity contribution >= 4 is 0 Å². The van der Waals surface area contributed by atoms with E-state index in [-0.39, 0.29) is 19.4 Å². The molecule has 2 N–H and O–H groups in total. The summed E-state index contributed by atoms with van der Waals surface area (Å²) in [5, 5.41) is 3.70. The Morgan fingerprint density at radius 3 is 2.53 bits per heavy atom. The molecule has 0 atom stereocenters. The van der Waals surface area contributed by atoms with Crippen molar-refractivity contribution in [3.8, 4) is 5.88 Å². The van der Waals surface area contributed by atoms with Crippen LogP contribution in [0.4, 0.5) is 8.78 Å². The molecule has 0 amide bonds. The Labute approximate surface area is 98.1 Å². The number of hydrogen-bond donors (Lipinski definition) is 1. The van der Waals surface area contributed by atoms with Crippen LogP contribution in [0.5, 0.6) is 5.88 Å². The zero-order chi connectivity index (χ0) is 12.5. The van der Waals surface area contributed by atoms with Gasteiger partial charge in [0.1, 0.15) is 5.76 Å². The van der Waals surface area contributed by atoms with Gasteiger partial charge in [-0.15, -0.1) is 0 Å². The van der Waals surface area contributed by atoms with Gasteiger partial charge < -0.3 is 15.0 Å². The Kier molecular flexibility index (Phi) is 3.07. The van der Waals surface area contributed by atoms with Crippen LogP contribution in [0, 0.1) is 0 Å². The van der Waals surface area contributed by atoms with E-state index in [4.69, 9.17) is 15.0 Å². The maximum atomic E-state index is 13.2. The summed E-state index contributed by atoms with van der Waals surface area (Å²) in [7, 11) is 1.48. The van der Waals surface area contributed by atoms with Crippen molar-refractivity contribution in [1.82, 2.24) is 5.16 Å². The lowest BCUT2D eigenvalue weighted by Gasteiger charge is -2.37. The van der Waals surface area contributed by atoms with Crippen LogP contribution in [-0.4, -0.2) is 24.7 Å². The number of ether oxygens (including phenoxy) is 1. The molecule has 1 aliphatic rings. The second-order valence-electron chi connectivity index (χ2n) is 4.57. The van der Waals surface area contributed by atoms with Gasteiger partial charge in [0, 0.05) is 30.9 Å². The van der Waals surface area contributed by atoms with Crippen molar-refractivity contribution in [2.45, 2.75) is 37.0 Å². The molecule has 0 aromatic carbocycles. The average molecular weight is 246 g/mol. The van der Waals surface area contributed by atoms with Crippen LogP contribution in [0.15, 0.2) is 10.6 Å². The predicted octanol–water partition coefficient (Wildman–Crippen LogP) is 2.09. The predicted molar refractivity (Wildman–Crippen MR) is 57.2 cm³/mol.